The van der Waals surface area contributed by atoms with Crippen LogP contribution < -0.4 is 0 Å². The number of fused-ring (bicyclic) bond motifs is 5. The molecule has 9 atom stereocenters. The molecule has 192 valence electrons. The SMILES string of the molecule is CC1=C(C)C(=O)O[C@@H]([C@](C)(O)[C@@]2(O)CCC3(O)[C@@H]4CC=C5[C@@H](O)C=CC(=O)[C@]5(C)[C@H]4CC[C@@]32C)C1. The number of cyclic esters (lactones) is 1. The fourth-order valence-corrected chi connectivity index (χ4v) is 8.47. The van der Waals surface area contributed by atoms with E-state index in [0.717, 1.165) is 5.57 Å². The van der Waals surface area contributed by atoms with Crippen LogP contribution in [0.1, 0.15) is 73.1 Å². The minimum absolute atomic E-state index is 0.0667. The Hall–Kier alpha value is -1.80. The van der Waals surface area contributed by atoms with Crippen LogP contribution in [-0.2, 0) is 14.3 Å². The van der Waals surface area contributed by atoms with Crippen molar-refractivity contribution in [3.63, 3.8) is 0 Å². The molecule has 1 heterocycles. The molecule has 2 saturated carbocycles. The number of aliphatic hydroxyl groups excluding tert-OH is 1. The van der Waals surface area contributed by atoms with Gasteiger partial charge in [0.15, 0.2) is 5.78 Å². The molecule has 4 aliphatic carbocycles. The maximum absolute atomic E-state index is 13.1. The first kappa shape index (κ1) is 24.9. The van der Waals surface area contributed by atoms with E-state index in [9.17, 15) is 30.0 Å². The summed E-state index contributed by atoms with van der Waals surface area (Å²) in [6, 6.07) is 0. The molecule has 0 radical (unpaired) electrons. The van der Waals surface area contributed by atoms with Crippen molar-refractivity contribution in [3.8, 4) is 0 Å². The van der Waals surface area contributed by atoms with Gasteiger partial charge < -0.3 is 25.2 Å². The molecule has 0 bridgehead atoms. The molecule has 0 aromatic heterocycles. The predicted octanol–water partition coefficient (Wildman–Crippen LogP) is 2.51. The highest BCUT2D eigenvalue weighted by atomic mass is 16.6. The van der Waals surface area contributed by atoms with Gasteiger partial charge in [0, 0.05) is 17.4 Å². The number of ether oxygens (including phenoxy) is 1. The Bertz CT molecular complexity index is 1080. The summed E-state index contributed by atoms with van der Waals surface area (Å²) in [6.45, 7) is 8.75. The maximum Gasteiger partial charge on any atom is 0.334 e. The molecule has 1 aliphatic heterocycles. The first-order valence-electron chi connectivity index (χ1n) is 12.8. The molecule has 0 saturated heterocycles. The van der Waals surface area contributed by atoms with Crippen LogP contribution in [0.4, 0.5) is 0 Å². The second-order valence-corrected chi connectivity index (χ2v) is 12.3. The van der Waals surface area contributed by atoms with Gasteiger partial charge in [0.1, 0.15) is 17.3 Å². The third kappa shape index (κ3) is 2.81. The lowest BCUT2D eigenvalue weighted by atomic mass is 9.44. The summed E-state index contributed by atoms with van der Waals surface area (Å²) in [7, 11) is 0. The number of carbonyl (C=O) groups is 2. The van der Waals surface area contributed by atoms with Gasteiger partial charge in [-0.3, -0.25) is 4.79 Å². The van der Waals surface area contributed by atoms with Crippen molar-refractivity contribution in [1.29, 1.82) is 0 Å². The predicted molar refractivity (Wildman–Crippen MR) is 128 cm³/mol. The maximum atomic E-state index is 13.1. The van der Waals surface area contributed by atoms with Crippen LogP contribution in [0.3, 0.4) is 0 Å². The first-order chi connectivity index (χ1) is 16.1. The zero-order valence-electron chi connectivity index (χ0n) is 21.3. The number of hydrogen-bond acceptors (Lipinski definition) is 7. The number of aliphatic hydroxyl groups is 4. The zero-order chi connectivity index (χ0) is 25.8. The van der Waals surface area contributed by atoms with E-state index in [1.807, 2.05) is 26.8 Å². The summed E-state index contributed by atoms with van der Waals surface area (Å²) >= 11 is 0. The van der Waals surface area contributed by atoms with E-state index in [1.54, 1.807) is 6.92 Å². The van der Waals surface area contributed by atoms with E-state index < -0.39 is 45.8 Å². The van der Waals surface area contributed by atoms with Crippen molar-refractivity contribution in [2.45, 2.75) is 102 Å². The number of hydrogen-bond donors (Lipinski definition) is 4. The highest BCUT2D eigenvalue weighted by molar-refractivity contribution is 5.99. The normalized spacial score (nSPS) is 49.0. The number of rotatable bonds is 2. The Morgan fingerprint density at radius 3 is 2.43 bits per heavy atom. The molecule has 2 fully saturated rings. The average molecular weight is 487 g/mol. The molecular formula is C28H38O7. The van der Waals surface area contributed by atoms with Crippen LogP contribution >= 0.6 is 0 Å². The second-order valence-electron chi connectivity index (χ2n) is 12.3. The molecule has 0 aromatic rings. The van der Waals surface area contributed by atoms with E-state index in [0.29, 0.717) is 36.8 Å². The Balaban J connectivity index is 1.54. The van der Waals surface area contributed by atoms with Gasteiger partial charge in [-0.2, -0.15) is 0 Å². The smallest absolute Gasteiger partial charge is 0.334 e. The quantitative estimate of drug-likeness (QED) is 0.349. The van der Waals surface area contributed by atoms with Crippen molar-refractivity contribution < 1.29 is 34.8 Å². The third-order valence-electron chi connectivity index (χ3n) is 11.1. The van der Waals surface area contributed by atoms with Crippen molar-refractivity contribution >= 4 is 11.8 Å². The van der Waals surface area contributed by atoms with Gasteiger partial charge in [0.2, 0.25) is 0 Å². The van der Waals surface area contributed by atoms with Gasteiger partial charge in [-0.15, -0.1) is 0 Å². The highest BCUT2D eigenvalue weighted by Crippen LogP contribution is 2.70. The van der Waals surface area contributed by atoms with Crippen LogP contribution in [0.15, 0.2) is 34.9 Å². The van der Waals surface area contributed by atoms with Crippen molar-refractivity contribution in [1.82, 2.24) is 0 Å². The summed E-state index contributed by atoms with van der Waals surface area (Å²) in [5, 5.41) is 47.1. The minimum Gasteiger partial charge on any atom is -0.455 e. The highest BCUT2D eigenvalue weighted by Gasteiger charge is 2.76. The molecule has 7 nitrogen and oxygen atoms in total. The molecule has 35 heavy (non-hydrogen) atoms. The standard InChI is InChI=1S/C28H38O7/c1-15-14-22(35-23(31)16(15)2)26(5,32)28(34)13-12-27(33)18-6-7-19-20(29)8-9-21(30)25(19,4)17(18)10-11-24(27,28)3/h7-9,17-18,20,22,29,32-34H,6,10-14H2,1-5H3/t17-,18+,20-,22+,24-,25+,26-,27?,28+/m0/s1. The monoisotopic (exact) mass is 486 g/mol. The molecule has 4 N–H and O–H groups in total. The average Bonchev–Trinajstić information content (AvgIpc) is 3.02. The lowest BCUT2D eigenvalue weighted by molar-refractivity contribution is -0.279. The largest absolute Gasteiger partial charge is 0.455 e. The van der Waals surface area contributed by atoms with E-state index in [4.69, 9.17) is 4.74 Å². The first-order valence-corrected chi connectivity index (χ1v) is 12.8. The third-order valence-corrected chi connectivity index (χ3v) is 11.1. The molecule has 1 unspecified atom stereocenters. The van der Waals surface area contributed by atoms with Crippen LogP contribution in [-0.4, -0.2) is 61.2 Å². The lowest BCUT2D eigenvalue weighted by Crippen LogP contribution is -2.72. The van der Waals surface area contributed by atoms with Crippen LogP contribution in [0, 0.1) is 22.7 Å². The Labute approximate surface area is 206 Å². The second kappa shape index (κ2) is 7.37. The van der Waals surface area contributed by atoms with Crippen molar-refractivity contribution in [2.75, 3.05) is 0 Å². The Morgan fingerprint density at radius 1 is 1.09 bits per heavy atom. The molecule has 5 aliphatic rings. The topological polar surface area (TPSA) is 124 Å². The minimum atomic E-state index is -1.80. The van der Waals surface area contributed by atoms with E-state index in [1.165, 1.54) is 19.1 Å². The Kier molecular flexibility index (Phi) is 5.24. The fraction of sp³-hybridized carbons (Fsp3) is 0.714. The van der Waals surface area contributed by atoms with Gasteiger partial charge in [-0.05, 0) is 89.4 Å². The summed E-state index contributed by atoms with van der Waals surface area (Å²) in [4.78, 5) is 25.6. The molecule has 0 spiro atoms. The lowest BCUT2D eigenvalue weighted by Gasteiger charge is -2.63. The number of ketones is 1. The Morgan fingerprint density at radius 2 is 1.77 bits per heavy atom. The van der Waals surface area contributed by atoms with Gasteiger partial charge in [0.05, 0.1) is 17.1 Å². The van der Waals surface area contributed by atoms with Gasteiger partial charge >= 0.3 is 5.97 Å². The van der Waals surface area contributed by atoms with E-state index >= 15 is 0 Å². The number of carbonyl (C=O) groups excluding carboxylic acids is 2. The summed E-state index contributed by atoms with van der Waals surface area (Å²) in [6.07, 6.45) is 5.28. The van der Waals surface area contributed by atoms with Crippen molar-refractivity contribution in [3.05, 3.63) is 34.9 Å². The molecule has 5 rings (SSSR count). The molecule has 0 aromatic carbocycles. The fourth-order valence-electron chi connectivity index (χ4n) is 8.47. The van der Waals surface area contributed by atoms with Crippen LogP contribution in [0.25, 0.3) is 0 Å². The van der Waals surface area contributed by atoms with Gasteiger partial charge in [-0.1, -0.05) is 18.6 Å². The molecular weight excluding hydrogens is 448 g/mol. The van der Waals surface area contributed by atoms with E-state index in [2.05, 4.69) is 0 Å². The number of allylic oxidation sites excluding steroid dienone is 2. The van der Waals surface area contributed by atoms with Gasteiger partial charge in [-0.25, -0.2) is 4.79 Å². The van der Waals surface area contributed by atoms with Gasteiger partial charge in [0.25, 0.3) is 0 Å². The van der Waals surface area contributed by atoms with Crippen LogP contribution in [0.5, 0.6) is 0 Å². The zero-order valence-corrected chi connectivity index (χ0v) is 21.3. The van der Waals surface area contributed by atoms with Crippen molar-refractivity contribution in [2.24, 2.45) is 22.7 Å². The summed E-state index contributed by atoms with van der Waals surface area (Å²) < 4.78 is 5.61. The summed E-state index contributed by atoms with van der Waals surface area (Å²) in [5.74, 6) is -1.08. The molecule has 0 amide bonds. The number of esters is 1. The van der Waals surface area contributed by atoms with E-state index in [-0.39, 0.29) is 30.5 Å². The molecule has 7 heteroatoms. The van der Waals surface area contributed by atoms with Crippen LogP contribution in [0.2, 0.25) is 0 Å². The summed E-state index contributed by atoms with van der Waals surface area (Å²) in [5.41, 5.74) is -4.81.